The molecule has 1 aromatic heterocycles. The number of rotatable bonds is 5. The van der Waals surface area contributed by atoms with E-state index in [2.05, 4.69) is 9.71 Å². The zero-order valence-corrected chi connectivity index (χ0v) is 12.0. The zero-order chi connectivity index (χ0) is 14.6. The summed E-state index contributed by atoms with van der Waals surface area (Å²) in [6.45, 7) is 2.39. The second-order valence-corrected chi connectivity index (χ2v) is 6.04. The minimum absolute atomic E-state index is 0.222. The van der Waals surface area contributed by atoms with Crippen molar-refractivity contribution in [2.24, 2.45) is 5.73 Å². The molecule has 3 N–H and O–H groups in total. The second kappa shape index (κ2) is 6.02. The van der Waals surface area contributed by atoms with Gasteiger partial charge in [-0.3, -0.25) is 4.72 Å². The van der Waals surface area contributed by atoms with Crippen molar-refractivity contribution in [2.45, 2.75) is 24.8 Å². The molecule has 0 aliphatic heterocycles. The van der Waals surface area contributed by atoms with Crippen molar-refractivity contribution < 1.29 is 8.42 Å². The van der Waals surface area contributed by atoms with Crippen LogP contribution in [0.5, 0.6) is 0 Å². The predicted octanol–water partition coefficient (Wildman–Crippen LogP) is 1.90. The van der Waals surface area contributed by atoms with Gasteiger partial charge in [0.15, 0.2) is 0 Å². The monoisotopic (exact) mass is 291 g/mol. The van der Waals surface area contributed by atoms with E-state index in [1.165, 1.54) is 0 Å². The van der Waals surface area contributed by atoms with E-state index < -0.39 is 10.0 Å². The van der Waals surface area contributed by atoms with Crippen LogP contribution in [-0.2, 0) is 23.0 Å². The third-order valence-corrected chi connectivity index (χ3v) is 4.31. The lowest BCUT2D eigenvalue weighted by Crippen LogP contribution is -2.14. The number of nitrogens with two attached hydrogens (primary N) is 1. The van der Waals surface area contributed by atoms with Crippen molar-refractivity contribution in [1.29, 1.82) is 0 Å². The van der Waals surface area contributed by atoms with Crippen molar-refractivity contribution in [3.8, 4) is 0 Å². The smallest absolute Gasteiger partial charge is 0.263 e. The Morgan fingerprint density at radius 3 is 2.25 bits per heavy atom. The molecule has 0 unspecified atom stereocenters. The van der Waals surface area contributed by atoms with Crippen molar-refractivity contribution >= 4 is 15.8 Å². The quantitative estimate of drug-likeness (QED) is 0.881. The van der Waals surface area contributed by atoms with Crippen LogP contribution >= 0.6 is 0 Å². The highest BCUT2D eigenvalue weighted by Crippen LogP contribution is 2.15. The summed E-state index contributed by atoms with van der Waals surface area (Å²) in [6, 6.07) is 10.1. The Kier molecular flexibility index (Phi) is 4.36. The molecule has 0 atom stereocenters. The van der Waals surface area contributed by atoms with Crippen LogP contribution in [0.2, 0.25) is 0 Å². The lowest BCUT2D eigenvalue weighted by atomic mass is 10.2. The molecule has 0 radical (unpaired) electrons. The van der Waals surface area contributed by atoms with Crippen molar-refractivity contribution in [3.63, 3.8) is 0 Å². The Balaban J connectivity index is 2.20. The summed E-state index contributed by atoms with van der Waals surface area (Å²) in [7, 11) is -3.60. The summed E-state index contributed by atoms with van der Waals surface area (Å²) in [5, 5.41) is 0. The Labute approximate surface area is 118 Å². The van der Waals surface area contributed by atoms with Gasteiger partial charge in [0.05, 0.1) is 4.90 Å². The molecule has 0 saturated carbocycles. The van der Waals surface area contributed by atoms with E-state index >= 15 is 0 Å². The lowest BCUT2D eigenvalue weighted by molar-refractivity contribution is 0.601. The molecular formula is C14H17N3O2S. The molecule has 0 aliphatic carbocycles. The maximum atomic E-state index is 12.2. The minimum Gasteiger partial charge on any atom is -0.326 e. The molecule has 0 amide bonds. The van der Waals surface area contributed by atoms with E-state index in [9.17, 15) is 8.42 Å². The highest BCUT2D eigenvalue weighted by Gasteiger charge is 2.14. The van der Waals surface area contributed by atoms with Crippen LogP contribution in [0, 0.1) is 0 Å². The maximum Gasteiger partial charge on any atom is 0.263 e. The van der Waals surface area contributed by atoms with Crippen LogP contribution in [0.1, 0.15) is 18.1 Å². The van der Waals surface area contributed by atoms with Crippen LogP contribution in [0.15, 0.2) is 47.5 Å². The average Bonchev–Trinajstić information content (AvgIpc) is 2.48. The number of aromatic nitrogens is 1. The highest BCUT2D eigenvalue weighted by molar-refractivity contribution is 7.92. The molecule has 5 nitrogen and oxygen atoms in total. The fourth-order valence-corrected chi connectivity index (χ4v) is 2.71. The van der Waals surface area contributed by atoms with Gasteiger partial charge < -0.3 is 5.73 Å². The van der Waals surface area contributed by atoms with Gasteiger partial charge in [0.1, 0.15) is 5.82 Å². The van der Waals surface area contributed by atoms with Gasteiger partial charge in [0.25, 0.3) is 10.0 Å². The molecule has 2 aromatic rings. The predicted molar refractivity (Wildman–Crippen MR) is 78.8 cm³/mol. The Hall–Kier alpha value is -1.92. The van der Waals surface area contributed by atoms with Crippen LogP contribution in [0.25, 0.3) is 0 Å². The van der Waals surface area contributed by atoms with Gasteiger partial charge in [0.2, 0.25) is 0 Å². The molecule has 1 aromatic carbocycles. The van der Waals surface area contributed by atoms with Crippen molar-refractivity contribution in [2.75, 3.05) is 4.72 Å². The highest BCUT2D eigenvalue weighted by atomic mass is 32.2. The standard InChI is InChI=1S/C14H17N3O2S/c1-2-11-3-6-13(7-4-11)20(18,19)17-14-8-5-12(9-15)10-16-14/h3-8,10H,2,9,15H2,1H3,(H,16,17). The molecule has 0 fully saturated rings. The number of pyridine rings is 1. The van der Waals surface area contributed by atoms with Gasteiger partial charge in [-0.15, -0.1) is 0 Å². The Morgan fingerprint density at radius 2 is 1.75 bits per heavy atom. The number of benzene rings is 1. The van der Waals surface area contributed by atoms with Gasteiger partial charge in [0, 0.05) is 12.7 Å². The molecule has 2 rings (SSSR count). The largest absolute Gasteiger partial charge is 0.326 e. The number of nitrogens with zero attached hydrogens (tertiary/aromatic N) is 1. The molecule has 0 bridgehead atoms. The zero-order valence-electron chi connectivity index (χ0n) is 11.2. The molecule has 0 spiro atoms. The van der Waals surface area contributed by atoms with E-state index in [-0.39, 0.29) is 10.7 Å². The molecule has 106 valence electrons. The number of anilines is 1. The van der Waals surface area contributed by atoms with Gasteiger partial charge in [-0.1, -0.05) is 25.1 Å². The van der Waals surface area contributed by atoms with Crippen LogP contribution in [-0.4, -0.2) is 13.4 Å². The van der Waals surface area contributed by atoms with E-state index in [1.807, 2.05) is 6.92 Å². The first kappa shape index (κ1) is 14.5. The van der Waals surface area contributed by atoms with Gasteiger partial charge in [-0.05, 0) is 35.7 Å². The fraction of sp³-hybridized carbons (Fsp3) is 0.214. The first-order valence-electron chi connectivity index (χ1n) is 6.32. The molecule has 0 aliphatic rings. The first-order valence-corrected chi connectivity index (χ1v) is 7.80. The van der Waals surface area contributed by atoms with E-state index in [1.54, 1.807) is 42.6 Å². The normalized spacial score (nSPS) is 11.3. The molecule has 0 saturated heterocycles. The number of sulfonamides is 1. The summed E-state index contributed by atoms with van der Waals surface area (Å²) >= 11 is 0. The summed E-state index contributed by atoms with van der Waals surface area (Å²) in [5.74, 6) is 0.279. The third kappa shape index (κ3) is 3.34. The second-order valence-electron chi connectivity index (χ2n) is 4.36. The molecule has 1 heterocycles. The average molecular weight is 291 g/mol. The van der Waals surface area contributed by atoms with Crippen LogP contribution in [0.4, 0.5) is 5.82 Å². The summed E-state index contributed by atoms with van der Waals surface area (Å²) in [4.78, 5) is 4.25. The lowest BCUT2D eigenvalue weighted by Gasteiger charge is -2.08. The molecule has 20 heavy (non-hydrogen) atoms. The number of hydrogen-bond acceptors (Lipinski definition) is 4. The maximum absolute atomic E-state index is 12.2. The first-order chi connectivity index (χ1) is 9.55. The van der Waals surface area contributed by atoms with Crippen LogP contribution < -0.4 is 10.5 Å². The number of hydrogen-bond donors (Lipinski definition) is 2. The van der Waals surface area contributed by atoms with Gasteiger partial charge in [-0.2, -0.15) is 0 Å². The SMILES string of the molecule is CCc1ccc(S(=O)(=O)Nc2ccc(CN)cn2)cc1. The number of nitrogens with one attached hydrogen (secondary N) is 1. The summed E-state index contributed by atoms with van der Waals surface area (Å²) in [5.41, 5.74) is 7.41. The van der Waals surface area contributed by atoms with E-state index in [4.69, 9.17) is 5.73 Å². The van der Waals surface area contributed by atoms with Crippen LogP contribution in [0.3, 0.4) is 0 Å². The fourth-order valence-electron chi connectivity index (χ4n) is 1.71. The third-order valence-electron chi connectivity index (χ3n) is 2.94. The van der Waals surface area contributed by atoms with Crippen molar-refractivity contribution in [3.05, 3.63) is 53.7 Å². The molecule has 6 heteroatoms. The van der Waals surface area contributed by atoms with Gasteiger partial charge >= 0.3 is 0 Å². The molecular weight excluding hydrogens is 274 g/mol. The van der Waals surface area contributed by atoms with Crippen molar-refractivity contribution in [1.82, 2.24) is 4.98 Å². The minimum atomic E-state index is -3.60. The Morgan fingerprint density at radius 1 is 1.10 bits per heavy atom. The van der Waals surface area contributed by atoms with E-state index in [0.29, 0.717) is 6.54 Å². The van der Waals surface area contributed by atoms with Gasteiger partial charge in [-0.25, -0.2) is 13.4 Å². The number of aryl methyl sites for hydroxylation is 1. The van der Waals surface area contributed by atoms with E-state index in [0.717, 1.165) is 17.5 Å². The Bertz CT molecular complexity index is 665. The summed E-state index contributed by atoms with van der Waals surface area (Å²) < 4.78 is 26.8. The topological polar surface area (TPSA) is 85.1 Å². The summed E-state index contributed by atoms with van der Waals surface area (Å²) in [6.07, 6.45) is 2.42.